The molecule has 0 fully saturated rings. The summed E-state index contributed by atoms with van der Waals surface area (Å²) in [7, 11) is -3.67. The summed E-state index contributed by atoms with van der Waals surface area (Å²) in [5.41, 5.74) is 1.94. The maximum atomic E-state index is 13.2. The van der Waals surface area contributed by atoms with Crippen molar-refractivity contribution in [2.75, 3.05) is 4.31 Å². The van der Waals surface area contributed by atoms with E-state index in [9.17, 15) is 8.42 Å². The number of nitrogens with one attached hydrogen (secondary N) is 1. The Morgan fingerprint density at radius 2 is 1.54 bits per heavy atom. The van der Waals surface area contributed by atoms with Crippen molar-refractivity contribution in [1.29, 1.82) is 0 Å². The third-order valence-corrected chi connectivity index (χ3v) is 5.51. The highest BCUT2D eigenvalue weighted by Gasteiger charge is 2.32. The van der Waals surface area contributed by atoms with Crippen molar-refractivity contribution < 1.29 is 13.4 Å². The quantitative estimate of drug-likeness (QED) is 0.717. The van der Waals surface area contributed by atoms with E-state index in [-0.39, 0.29) is 11.4 Å². The van der Waals surface area contributed by atoms with Crippen molar-refractivity contribution in [2.24, 2.45) is 0 Å². The Morgan fingerprint density at radius 3 is 2.17 bits per heavy atom. The molecule has 0 aliphatic rings. The van der Waals surface area contributed by atoms with Crippen molar-refractivity contribution in [1.82, 2.24) is 0 Å². The highest BCUT2D eigenvalue weighted by molar-refractivity contribution is 7.92. The Bertz CT molecular complexity index is 893. The van der Waals surface area contributed by atoms with Gasteiger partial charge in [0, 0.05) is 6.07 Å². The number of aryl methyl sites for hydroxylation is 1. The molecule has 0 amide bonds. The molecule has 24 heavy (non-hydrogen) atoms. The first kappa shape index (κ1) is 16.2. The largest absolute Gasteiger partial charge is 0.331 e. The van der Waals surface area contributed by atoms with E-state index in [0.29, 0.717) is 5.82 Å². The summed E-state index contributed by atoms with van der Waals surface area (Å²) in [6.07, 6.45) is 1.72. The lowest BCUT2D eigenvalue weighted by Crippen LogP contribution is -2.34. The Kier molecular flexibility index (Phi) is 4.62. The number of aromatic amines is 1. The fraction of sp³-hybridized carbons (Fsp3) is 0.105. The minimum absolute atomic E-state index is 0.261. The summed E-state index contributed by atoms with van der Waals surface area (Å²) in [5.74, 6) is 0.530. The van der Waals surface area contributed by atoms with E-state index in [1.165, 1.54) is 4.31 Å². The zero-order valence-electron chi connectivity index (χ0n) is 13.4. The Morgan fingerprint density at radius 1 is 0.875 bits per heavy atom. The minimum Gasteiger partial charge on any atom is -0.247 e. The van der Waals surface area contributed by atoms with Gasteiger partial charge in [-0.25, -0.2) is 4.98 Å². The van der Waals surface area contributed by atoms with Crippen molar-refractivity contribution >= 4 is 15.8 Å². The number of anilines is 1. The first-order valence-corrected chi connectivity index (χ1v) is 9.11. The van der Waals surface area contributed by atoms with Crippen molar-refractivity contribution in [2.45, 2.75) is 18.4 Å². The Hall–Kier alpha value is -2.66. The molecule has 0 aliphatic heterocycles. The highest BCUT2D eigenvalue weighted by atomic mass is 32.2. The lowest BCUT2D eigenvalue weighted by atomic mass is 10.2. The highest BCUT2D eigenvalue weighted by Crippen LogP contribution is 2.23. The van der Waals surface area contributed by atoms with Crippen LogP contribution < -0.4 is 9.29 Å². The molecule has 1 aromatic heterocycles. The lowest BCUT2D eigenvalue weighted by Gasteiger charge is -2.16. The predicted octanol–water partition coefficient (Wildman–Crippen LogP) is 3.20. The standard InChI is InChI=1S/C19H18N2O2S/c1-16-10-12-18(13-11-16)24(22,23)21(19-9-5-6-14-20-19)15-17-7-3-2-4-8-17/h2-14H,15H2,1H3/p+1. The van der Waals surface area contributed by atoms with E-state index in [0.717, 1.165) is 11.1 Å². The molecule has 0 atom stereocenters. The molecular weight excluding hydrogens is 320 g/mol. The number of hydrogen-bond donors (Lipinski definition) is 0. The van der Waals surface area contributed by atoms with Gasteiger partial charge in [-0.1, -0.05) is 54.1 Å². The maximum Gasteiger partial charge on any atom is 0.331 e. The molecule has 0 spiro atoms. The number of pyridine rings is 1. The first-order valence-electron chi connectivity index (χ1n) is 7.67. The molecule has 2 aromatic carbocycles. The lowest BCUT2D eigenvalue weighted by molar-refractivity contribution is -0.362. The second-order valence-electron chi connectivity index (χ2n) is 5.56. The van der Waals surface area contributed by atoms with Gasteiger partial charge in [0.05, 0.1) is 6.20 Å². The fourth-order valence-electron chi connectivity index (χ4n) is 2.43. The zero-order chi connectivity index (χ0) is 17.0. The van der Waals surface area contributed by atoms with Crippen LogP contribution in [0.3, 0.4) is 0 Å². The summed E-state index contributed by atoms with van der Waals surface area (Å²) in [4.78, 5) is 3.30. The molecule has 5 heteroatoms. The number of aromatic nitrogens is 1. The fourth-order valence-corrected chi connectivity index (χ4v) is 3.85. The van der Waals surface area contributed by atoms with Crippen molar-refractivity contribution in [3.8, 4) is 0 Å². The topological polar surface area (TPSA) is 51.5 Å². The Labute approximate surface area is 142 Å². The maximum absolute atomic E-state index is 13.2. The van der Waals surface area contributed by atoms with E-state index in [4.69, 9.17) is 0 Å². The van der Waals surface area contributed by atoms with Gasteiger partial charge in [0.25, 0.3) is 5.82 Å². The number of hydrogen-bond acceptors (Lipinski definition) is 2. The van der Waals surface area contributed by atoms with Gasteiger partial charge in [0.1, 0.15) is 11.4 Å². The SMILES string of the molecule is Cc1ccc(S(=O)(=O)N(Cc2ccccc2)c2cccc[nH+]2)cc1. The van der Waals surface area contributed by atoms with Crippen LogP contribution in [-0.4, -0.2) is 8.42 Å². The van der Waals surface area contributed by atoms with Gasteiger partial charge in [-0.15, -0.1) is 4.31 Å². The average molecular weight is 339 g/mol. The molecule has 0 radical (unpaired) electrons. The van der Waals surface area contributed by atoms with Crippen LogP contribution in [0, 0.1) is 6.92 Å². The average Bonchev–Trinajstić information content (AvgIpc) is 2.61. The first-order chi connectivity index (χ1) is 11.6. The number of benzene rings is 2. The summed E-state index contributed by atoms with van der Waals surface area (Å²) >= 11 is 0. The van der Waals surface area contributed by atoms with E-state index in [1.807, 2.05) is 61.5 Å². The Balaban J connectivity index is 2.05. The molecule has 3 aromatic rings. The summed E-state index contributed by atoms with van der Waals surface area (Å²) in [6.45, 7) is 2.20. The van der Waals surface area contributed by atoms with E-state index in [1.54, 1.807) is 24.4 Å². The smallest absolute Gasteiger partial charge is 0.247 e. The molecule has 1 heterocycles. The summed E-state index contributed by atoms with van der Waals surface area (Å²) < 4.78 is 27.7. The molecule has 122 valence electrons. The minimum atomic E-state index is -3.67. The number of H-pyrrole nitrogens is 1. The van der Waals surface area contributed by atoms with Crippen LogP contribution in [-0.2, 0) is 16.6 Å². The van der Waals surface area contributed by atoms with Crippen molar-refractivity contribution in [3.63, 3.8) is 0 Å². The molecular formula is C19H19N2O2S+. The molecule has 3 rings (SSSR count). The molecule has 0 unspecified atom stereocenters. The van der Waals surface area contributed by atoms with Crippen LogP contribution >= 0.6 is 0 Å². The van der Waals surface area contributed by atoms with Gasteiger partial charge in [0.15, 0.2) is 0 Å². The van der Waals surface area contributed by atoms with E-state index >= 15 is 0 Å². The molecule has 0 aliphatic carbocycles. The second-order valence-corrected chi connectivity index (χ2v) is 7.42. The normalized spacial score (nSPS) is 11.2. The number of rotatable bonds is 5. The number of nitrogens with zero attached hydrogens (tertiary/aromatic N) is 1. The van der Waals surface area contributed by atoms with E-state index < -0.39 is 10.0 Å². The van der Waals surface area contributed by atoms with Gasteiger partial charge < -0.3 is 0 Å². The third kappa shape index (κ3) is 3.46. The summed E-state index contributed by atoms with van der Waals surface area (Å²) in [6, 6.07) is 21.9. The van der Waals surface area contributed by atoms with Crippen LogP contribution in [0.4, 0.5) is 5.82 Å². The van der Waals surface area contributed by atoms with Gasteiger partial charge >= 0.3 is 10.0 Å². The monoisotopic (exact) mass is 339 g/mol. The third-order valence-electron chi connectivity index (χ3n) is 3.74. The van der Waals surface area contributed by atoms with Crippen LogP contribution in [0.5, 0.6) is 0 Å². The van der Waals surface area contributed by atoms with Gasteiger partial charge in [0.2, 0.25) is 0 Å². The molecule has 0 bridgehead atoms. The van der Waals surface area contributed by atoms with Crippen molar-refractivity contribution in [3.05, 3.63) is 90.1 Å². The van der Waals surface area contributed by atoms with Gasteiger partial charge in [-0.05, 0) is 30.7 Å². The summed E-state index contributed by atoms with van der Waals surface area (Å²) in [5, 5.41) is 0. The molecule has 1 N–H and O–H groups in total. The van der Waals surface area contributed by atoms with Crippen LogP contribution in [0.15, 0.2) is 83.9 Å². The van der Waals surface area contributed by atoms with Crippen LogP contribution in [0.25, 0.3) is 0 Å². The molecule has 0 saturated heterocycles. The predicted molar refractivity (Wildman–Crippen MR) is 94.0 cm³/mol. The van der Waals surface area contributed by atoms with E-state index in [2.05, 4.69) is 4.98 Å². The second kappa shape index (κ2) is 6.84. The molecule has 0 saturated carbocycles. The number of sulfonamides is 1. The van der Waals surface area contributed by atoms with Crippen LogP contribution in [0.1, 0.15) is 11.1 Å². The van der Waals surface area contributed by atoms with Gasteiger partial charge in [-0.3, -0.25) is 0 Å². The van der Waals surface area contributed by atoms with Gasteiger partial charge in [-0.2, -0.15) is 8.42 Å². The molecule has 4 nitrogen and oxygen atoms in total. The zero-order valence-corrected chi connectivity index (χ0v) is 14.2. The van der Waals surface area contributed by atoms with Crippen LogP contribution in [0.2, 0.25) is 0 Å².